The Kier molecular flexibility index (Phi) is 3.78. The van der Waals surface area contributed by atoms with Crippen molar-refractivity contribution in [1.29, 1.82) is 0 Å². The van der Waals surface area contributed by atoms with E-state index >= 15 is 0 Å². The van der Waals surface area contributed by atoms with Crippen molar-refractivity contribution in [2.45, 2.75) is 38.5 Å². The molecule has 0 aromatic heterocycles. The lowest BCUT2D eigenvalue weighted by Crippen LogP contribution is -2.36. The van der Waals surface area contributed by atoms with E-state index in [1.165, 1.54) is 0 Å². The highest BCUT2D eigenvalue weighted by Crippen LogP contribution is 2.30. The van der Waals surface area contributed by atoms with Crippen LogP contribution in [0.5, 0.6) is 5.75 Å². The first-order valence-electron chi connectivity index (χ1n) is 6.43. The summed E-state index contributed by atoms with van der Waals surface area (Å²) in [5, 5.41) is 9.98. The Labute approximate surface area is 108 Å². The minimum Gasteiger partial charge on any atom is -0.508 e. The molecule has 3 N–H and O–H groups in total. The van der Waals surface area contributed by atoms with Gasteiger partial charge >= 0.3 is 0 Å². The van der Waals surface area contributed by atoms with Crippen molar-refractivity contribution in [2.75, 3.05) is 18.6 Å². The van der Waals surface area contributed by atoms with Gasteiger partial charge in [-0.05, 0) is 26.3 Å². The molecular formula is C14H22N2O2. The Hall–Kier alpha value is -1.26. The second-order valence-electron chi connectivity index (χ2n) is 5.07. The van der Waals surface area contributed by atoms with Gasteiger partial charge in [-0.25, -0.2) is 0 Å². The highest BCUT2D eigenvalue weighted by molar-refractivity contribution is 5.54. The van der Waals surface area contributed by atoms with Crippen LogP contribution in [0.1, 0.15) is 31.9 Å². The summed E-state index contributed by atoms with van der Waals surface area (Å²) in [4.78, 5) is 2.17. The van der Waals surface area contributed by atoms with Gasteiger partial charge in [0, 0.05) is 37.0 Å². The number of phenolic OH excluding ortho intramolecular Hbond substituents is 1. The molecule has 0 radical (unpaired) electrons. The molecular weight excluding hydrogens is 228 g/mol. The highest BCUT2D eigenvalue weighted by Gasteiger charge is 2.28. The van der Waals surface area contributed by atoms with Crippen LogP contribution in [-0.2, 0) is 4.74 Å². The lowest BCUT2D eigenvalue weighted by molar-refractivity contribution is 0.118. The molecule has 4 heteroatoms. The van der Waals surface area contributed by atoms with Crippen LogP contribution in [-0.4, -0.2) is 30.9 Å². The summed E-state index contributed by atoms with van der Waals surface area (Å²) >= 11 is 0. The normalized spacial score (nSPS) is 25.1. The van der Waals surface area contributed by atoms with Gasteiger partial charge in [0.15, 0.2) is 0 Å². The molecule has 2 rings (SSSR count). The first-order chi connectivity index (χ1) is 8.50. The Bertz CT molecular complexity index is 420. The van der Waals surface area contributed by atoms with Gasteiger partial charge < -0.3 is 20.5 Å². The van der Waals surface area contributed by atoms with E-state index in [1.807, 2.05) is 26.1 Å². The molecule has 1 aromatic carbocycles. The van der Waals surface area contributed by atoms with Gasteiger partial charge in [-0.1, -0.05) is 6.07 Å². The molecule has 18 heavy (non-hydrogen) atoms. The predicted molar refractivity (Wildman–Crippen MR) is 72.9 cm³/mol. The van der Waals surface area contributed by atoms with E-state index in [0.29, 0.717) is 6.04 Å². The van der Waals surface area contributed by atoms with E-state index in [1.54, 1.807) is 6.07 Å². The fourth-order valence-electron chi connectivity index (χ4n) is 2.56. The molecule has 3 atom stereocenters. The number of nitrogens with two attached hydrogens (primary N) is 1. The van der Waals surface area contributed by atoms with Gasteiger partial charge in [0.1, 0.15) is 5.75 Å². The molecule has 0 saturated carbocycles. The van der Waals surface area contributed by atoms with Crippen LogP contribution in [0, 0.1) is 0 Å². The number of rotatable bonds is 3. The molecule has 1 aliphatic heterocycles. The number of benzene rings is 1. The fourth-order valence-corrected chi connectivity index (χ4v) is 2.56. The third-order valence-electron chi connectivity index (χ3n) is 3.75. The average molecular weight is 250 g/mol. The van der Waals surface area contributed by atoms with Crippen molar-refractivity contribution < 1.29 is 9.84 Å². The number of hydrogen-bond donors (Lipinski definition) is 2. The Morgan fingerprint density at radius 2 is 2.22 bits per heavy atom. The zero-order valence-electron chi connectivity index (χ0n) is 11.3. The summed E-state index contributed by atoms with van der Waals surface area (Å²) in [7, 11) is 2.04. The molecule has 1 fully saturated rings. The minimum atomic E-state index is -0.155. The van der Waals surface area contributed by atoms with Crippen LogP contribution in [0.25, 0.3) is 0 Å². The zero-order chi connectivity index (χ0) is 13.3. The van der Waals surface area contributed by atoms with Gasteiger partial charge in [-0.2, -0.15) is 0 Å². The SMILES string of the molecule is CC(N)c1ccc(N(C)C2CCOC2C)cc1O. The molecule has 0 bridgehead atoms. The molecule has 1 saturated heterocycles. The van der Waals surface area contributed by atoms with Crippen molar-refractivity contribution in [2.24, 2.45) is 5.73 Å². The number of phenols is 1. The molecule has 100 valence electrons. The lowest BCUT2D eigenvalue weighted by atomic mass is 10.1. The maximum absolute atomic E-state index is 9.98. The molecule has 1 aromatic rings. The van der Waals surface area contributed by atoms with Crippen LogP contribution in [0.3, 0.4) is 0 Å². The maximum Gasteiger partial charge on any atom is 0.122 e. The molecule has 1 aliphatic rings. The van der Waals surface area contributed by atoms with Crippen molar-refractivity contribution >= 4 is 5.69 Å². The maximum atomic E-state index is 9.98. The van der Waals surface area contributed by atoms with Crippen LogP contribution < -0.4 is 10.6 Å². The van der Waals surface area contributed by atoms with Gasteiger partial charge in [-0.3, -0.25) is 0 Å². The van der Waals surface area contributed by atoms with Crippen molar-refractivity contribution in [3.63, 3.8) is 0 Å². The number of aromatic hydroxyl groups is 1. The second kappa shape index (κ2) is 5.16. The summed E-state index contributed by atoms with van der Waals surface area (Å²) in [6, 6.07) is 5.89. The van der Waals surface area contributed by atoms with E-state index in [0.717, 1.165) is 24.3 Å². The lowest BCUT2D eigenvalue weighted by Gasteiger charge is -2.29. The Morgan fingerprint density at radius 3 is 2.72 bits per heavy atom. The van der Waals surface area contributed by atoms with Crippen molar-refractivity contribution in [3.8, 4) is 5.75 Å². The monoisotopic (exact) mass is 250 g/mol. The van der Waals surface area contributed by atoms with Crippen LogP contribution in [0.15, 0.2) is 18.2 Å². The minimum absolute atomic E-state index is 0.155. The van der Waals surface area contributed by atoms with E-state index < -0.39 is 0 Å². The third kappa shape index (κ3) is 2.44. The van der Waals surface area contributed by atoms with E-state index in [9.17, 15) is 5.11 Å². The number of anilines is 1. The summed E-state index contributed by atoms with van der Waals surface area (Å²) in [5.74, 6) is 0.265. The number of hydrogen-bond acceptors (Lipinski definition) is 4. The fraction of sp³-hybridized carbons (Fsp3) is 0.571. The number of ether oxygens (including phenoxy) is 1. The topological polar surface area (TPSA) is 58.7 Å². The molecule has 4 nitrogen and oxygen atoms in total. The van der Waals surface area contributed by atoms with Gasteiger partial charge in [0.05, 0.1) is 12.1 Å². The first kappa shape index (κ1) is 13.2. The number of likely N-dealkylation sites (N-methyl/N-ethyl adjacent to an activating group) is 1. The van der Waals surface area contributed by atoms with Gasteiger partial charge in [0.2, 0.25) is 0 Å². The Balaban J connectivity index is 2.21. The summed E-state index contributed by atoms with van der Waals surface area (Å²) in [5.41, 5.74) is 7.57. The Morgan fingerprint density at radius 1 is 1.50 bits per heavy atom. The number of nitrogens with zero attached hydrogens (tertiary/aromatic N) is 1. The largest absolute Gasteiger partial charge is 0.508 e. The van der Waals surface area contributed by atoms with Gasteiger partial charge in [-0.15, -0.1) is 0 Å². The van der Waals surface area contributed by atoms with Gasteiger partial charge in [0.25, 0.3) is 0 Å². The first-order valence-corrected chi connectivity index (χ1v) is 6.43. The highest BCUT2D eigenvalue weighted by atomic mass is 16.5. The third-order valence-corrected chi connectivity index (χ3v) is 3.75. The molecule has 3 unspecified atom stereocenters. The smallest absolute Gasteiger partial charge is 0.122 e. The molecule has 0 aliphatic carbocycles. The van der Waals surface area contributed by atoms with Crippen LogP contribution in [0.4, 0.5) is 5.69 Å². The quantitative estimate of drug-likeness (QED) is 0.861. The summed E-state index contributed by atoms with van der Waals surface area (Å²) in [6.45, 7) is 4.76. The predicted octanol–water partition coefficient (Wildman–Crippen LogP) is 2.03. The van der Waals surface area contributed by atoms with E-state index in [2.05, 4.69) is 11.8 Å². The molecule has 0 amide bonds. The zero-order valence-corrected chi connectivity index (χ0v) is 11.3. The summed E-state index contributed by atoms with van der Waals surface area (Å²) in [6.07, 6.45) is 1.25. The molecule has 0 spiro atoms. The standard InChI is InChI=1S/C14H22N2O2/c1-9(15)12-5-4-11(8-14(12)17)16(3)13-6-7-18-10(13)2/h4-5,8-10,13,17H,6-7,15H2,1-3H3. The summed E-state index contributed by atoms with van der Waals surface area (Å²) < 4.78 is 5.58. The van der Waals surface area contributed by atoms with E-state index in [4.69, 9.17) is 10.5 Å². The van der Waals surface area contributed by atoms with E-state index in [-0.39, 0.29) is 17.9 Å². The molecule has 1 heterocycles. The van der Waals surface area contributed by atoms with Crippen molar-refractivity contribution in [1.82, 2.24) is 0 Å². The van der Waals surface area contributed by atoms with Crippen LogP contribution in [0.2, 0.25) is 0 Å². The average Bonchev–Trinajstić information content (AvgIpc) is 2.74. The van der Waals surface area contributed by atoms with Crippen molar-refractivity contribution in [3.05, 3.63) is 23.8 Å². The second-order valence-corrected chi connectivity index (χ2v) is 5.07. The van der Waals surface area contributed by atoms with Crippen LogP contribution >= 0.6 is 0 Å².